The van der Waals surface area contributed by atoms with Crippen LogP contribution in [0.15, 0.2) is 42.6 Å². The predicted octanol–water partition coefficient (Wildman–Crippen LogP) is 2.56. The van der Waals surface area contributed by atoms with E-state index in [2.05, 4.69) is 15.7 Å². The van der Waals surface area contributed by atoms with Crippen molar-refractivity contribution in [2.75, 3.05) is 5.32 Å². The number of carbonyl (C=O) groups excluding carboxylic acids is 2. The van der Waals surface area contributed by atoms with Crippen LogP contribution in [-0.4, -0.2) is 27.6 Å². The van der Waals surface area contributed by atoms with E-state index in [9.17, 15) is 9.59 Å². The van der Waals surface area contributed by atoms with Crippen molar-refractivity contribution >= 4 is 17.6 Å². The number of benzene rings is 1. The number of nitrogens with zero attached hydrogens (tertiary/aromatic N) is 2. The highest BCUT2D eigenvalue weighted by Crippen LogP contribution is 2.28. The van der Waals surface area contributed by atoms with E-state index in [1.54, 1.807) is 10.7 Å². The molecule has 2 N–H and O–H groups in total. The van der Waals surface area contributed by atoms with Crippen molar-refractivity contribution in [1.82, 2.24) is 15.1 Å². The molecule has 1 aromatic carbocycles. The fraction of sp³-hybridized carbons (Fsp3) is 0.421. The first-order valence-electron chi connectivity index (χ1n) is 8.77. The highest BCUT2D eigenvalue weighted by atomic mass is 16.2. The molecule has 1 heterocycles. The maximum Gasteiger partial charge on any atom is 0.248 e. The molecular formula is C19H24N4O2. The van der Waals surface area contributed by atoms with E-state index >= 15 is 0 Å². The summed E-state index contributed by atoms with van der Waals surface area (Å²) in [6.45, 7) is 2.10. The van der Waals surface area contributed by atoms with Crippen molar-refractivity contribution in [2.24, 2.45) is 5.92 Å². The smallest absolute Gasteiger partial charge is 0.248 e. The Kier molecular flexibility index (Phi) is 5.48. The maximum absolute atomic E-state index is 12.6. The van der Waals surface area contributed by atoms with Crippen LogP contribution in [0.3, 0.4) is 0 Å². The third kappa shape index (κ3) is 4.68. The molecule has 1 saturated carbocycles. The first-order valence-corrected chi connectivity index (χ1v) is 8.77. The zero-order chi connectivity index (χ0) is 17.6. The SMILES string of the molecule is CC(=O)NC(C(=O)Nc1ccn(Cc2ccccc2)n1)C1CCCC1. The number of rotatable bonds is 6. The topological polar surface area (TPSA) is 76.0 Å². The summed E-state index contributed by atoms with van der Waals surface area (Å²) in [5.74, 6) is 0.346. The van der Waals surface area contributed by atoms with Crippen LogP contribution in [-0.2, 0) is 16.1 Å². The van der Waals surface area contributed by atoms with Gasteiger partial charge in [0.05, 0.1) is 6.54 Å². The fourth-order valence-electron chi connectivity index (χ4n) is 3.40. The molecule has 1 atom stereocenters. The second-order valence-corrected chi connectivity index (χ2v) is 6.60. The molecule has 6 heteroatoms. The van der Waals surface area contributed by atoms with Crippen LogP contribution in [0.25, 0.3) is 0 Å². The van der Waals surface area contributed by atoms with Gasteiger partial charge in [-0.15, -0.1) is 0 Å². The lowest BCUT2D eigenvalue weighted by Gasteiger charge is -2.22. The highest BCUT2D eigenvalue weighted by Gasteiger charge is 2.31. The van der Waals surface area contributed by atoms with E-state index in [4.69, 9.17) is 0 Å². The third-order valence-electron chi connectivity index (χ3n) is 4.59. The number of anilines is 1. The fourth-order valence-corrected chi connectivity index (χ4v) is 3.40. The van der Waals surface area contributed by atoms with E-state index in [1.807, 2.05) is 36.5 Å². The van der Waals surface area contributed by atoms with Gasteiger partial charge in [0.1, 0.15) is 6.04 Å². The summed E-state index contributed by atoms with van der Waals surface area (Å²) in [5.41, 5.74) is 1.14. The minimum absolute atomic E-state index is 0.179. The van der Waals surface area contributed by atoms with Gasteiger partial charge in [0.25, 0.3) is 0 Å². The lowest BCUT2D eigenvalue weighted by Crippen LogP contribution is -2.47. The Labute approximate surface area is 147 Å². The van der Waals surface area contributed by atoms with Gasteiger partial charge in [-0.25, -0.2) is 0 Å². The molecule has 25 heavy (non-hydrogen) atoms. The zero-order valence-corrected chi connectivity index (χ0v) is 14.4. The third-order valence-corrected chi connectivity index (χ3v) is 4.59. The van der Waals surface area contributed by atoms with Gasteiger partial charge >= 0.3 is 0 Å². The van der Waals surface area contributed by atoms with E-state index in [-0.39, 0.29) is 17.7 Å². The van der Waals surface area contributed by atoms with E-state index in [1.165, 1.54) is 6.92 Å². The summed E-state index contributed by atoms with van der Waals surface area (Å²) in [6, 6.07) is 11.3. The Bertz CT molecular complexity index is 720. The van der Waals surface area contributed by atoms with E-state index < -0.39 is 6.04 Å². The van der Waals surface area contributed by atoms with E-state index in [0.717, 1.165) is 31.2 Å². The first-order chi connectivity index (χ1) is 12.1. The summed E-state index contributed by atoms with van der Waals surface area (Å²) in [4.78, 5) is 24.1. The van der Waals surface area contributed by atoms with Crippen molar-refractivity contribution in [3.05, 3.63) is 48.2 Å². The molecule has 3 rings (SSSR count). The zero-order valence-electron chi connectivity index (χ0n) is 14.4. The molecule has 0 radical (unpaired) electrons. The molecule has 2 amide bonds. The van der Waals surface area contributed by atoms with Crippen molar-refractivity contribution in [2.45, 2.75) is 45.2 Å². The summed E-state index contributed by atoms with van der Waals surface area (Å²) in [5, 5.41) is 10.1. The summed E-state index contributed by atoms with van der Waals surface area (Å²) < 4.78 is 1.79. The van der Waals surface area contributed by atoms with Crippen LogP contribution in [0.4, 0.5) is 5.82 Å². The molecule has 1 aliphatic rings. The van der Waals surface area contributed by atoms with Crippen LogP contribution in [0.2, 0.25) is 0 Å². The number of hydrogen-bond donors (Lipinski definition) is 2. The minimum atomic E-state index is -0.487. The standard InChI is InChI=1S/C19H24N4O2/c1-14(24)20-18(16-9-5-6-10-16)19(25)21-17-11-12-23(22-17)13-15-7-3-2-4-8-15/h2-4,7-8,11-12,16,18H,5-6,9-10,13H2,1H3,(H,20,24)(H,21,22,25). The molecule has 0 bridgehead atoms. The van der Waals surface area contributed by atoms with Gasteiger partial charge in [0.15, 0.2) is 5.82 Å². The summed E-state index contributed by atoms with van der Waals surface area (Å²) >= 11 is 0. The molecule has 1 aliphatic carbocycles. The molecule has 0 spiro atoms. The van der Waals surface area contributed by atoms with Crippen LogP contribution in [0.5, 0.6) is 0 Å². The average molecular weight is 340 g/mol. The van der Waals surface area contributed by atoms with Crippen molar-refractivity contribution in [1.29, 1.82) is 0 Å². The Morgan fingerprint density at radius 1 is 1.20 bits per heavy atom. The molecular weight excluding hydrogens is 316 g/mol. The largest absolute Gasteiger partial charge is 0.344 e. The Hall–Kier alpha value is -2.63. The quantitative estimate of drug-likeness (QED) is 0.848. The van der Waals surface area contributed by atoms with Gasteiger partial charge in [-0.1, -0.05) is 43.2 Å². The molecule has 1 aromatic heterocycles. The number of carbonyl (C=O) groups is 2. The minimum Gasteiger partial charge on any atom is -0.344 e. The van der Waals surface area contributed by atoms with Gasteiger partial charge in [-0.05, 0) is 24.3 Å². The lowest BCUT2D eigenvalue weighted by molar-refractivity contribution is -0.126. The molecule has 1 fully saturated rings. The number of hydrogen-bond acceptors (Lipinski definition) is 3. The second kappa shape index (κ2) is 7.96. The molecule has 0 saturated heterocycles. The van der Waals surface area contributed by atoms with Gasteiger partial charge < -0.3 is 10.6 Å². The normalized spacial score (nSPS) is 15.7. The summed E-state index contributed by atoms with van der Waals surface area (Å²) in [7, 11) is 0. The van der Waals surface area contributed by atoms with Crippen LogP contribution >= 0.6 is 0 Å². The Morgan fingerprint density at radius 3 is 2.60 bits per heavy atom. The molecule has 2 aromatic rings. The first kappa shape index (κ1) is 17.2. The van der Waals surface area contributed by atoms with Crippen LogP contribution in [0.1, 0.15) is 38.2 Å². The molecule has 6 nitrogen and oxygen atoms in total. The van der Waals surface area contributed by atoms with Gasteiger partial charge in [0.2, 0.25) is 11.8 Å². The van der Waals surface area contributed by atoms with Crippen molar-refractivity contribution in [3.63, 3.8) is 0 Å². The highest BCUT2D eigenvalue weighted by molar-refractivity contribution is 5.96. The van der Waals surface area contributed by atoms with Crippen molar-refractivity contribution < 1.29 is 9.59 Å². The number of nitrogens with one attached hydrogen (secondary N) is 2. The maximum atomic E-state index is 12.6. The van der Waals surface area contributed by atoms with Crippen LogP contribution in [0, 0.1) is 5.92 Å². The monoisotopic (exact) mass is 340 g/mol. The van der Waals surface area contributed by atoms with Crippen molar-refractivity contribution in [3.8, 4) is 0 Å². The van der Waals surface area contributed by atoms with Crippen LogP contribution < -0.4 is 10.6 Å². The van der Waals surface area contributed by atoms with E-state index in [0.29, 0.717) is 12.4 Å². The Morgan fingerprint density at radius 2 is 1.92 bits per heavy atom. The molecule has 132 valence electrons. The van der Waals surface area contributed by atoms with Gasteiger partial charge in [0, 0.05) is 19.2 Å². The van der Waals surface area contributed by atoms with Gasteiger partial charge in [-0.2, -0.15) is 5.10 Å². The lowest BCUT2D eigenvalue weighted by atomic mass is 9.97. The molecule has 0 aliphatic heterocycles. The predicted molar refractivity (Wildman–Crippen MR) is 96.0 cm³/mol. The molecule has 1 unspecified atom stereocenters. The average Bonchev–Trinajstić information content (AvgIpc) is 3.25. The number of amides is 2. The Balaban J connectivity index is 1.64. The second-order valence-electron chi connectivity index (χ2n) is 6.60. The number of aromatic nitrogens is 2. The summed E-state index contributed by atoms with van der Waals surface area (Å²) in [6.07, 6.45) is 6.01. The van der Waals surface area contributed by atoms with Gasteiger partial charge in [-0.3, -0.25) is 14.3 Å².